The summed E-state index contributed by atoms with van der Waals surface area (Å²) < 4.78 is 42.9. The van der Waals surface area contributed by atoms with Crippen molar-refractivity contribution < 1.29 is 31.7 Å². The SMILES string of the molecule is CC(C)(C)c1ccc(-c2[c-]cccc2)nc1.[2H]C([2H])(c1c[c-]c(-c2ccccn2)c2oc3c(-n4c5ccccc5c5ccccc54)c(F)ccc3c12)C(C)(C)C.[Ir]. The molecular formula is C49H42FIrN3O-2. The van der Waals surface area contributed by atoms with Gasteiger partial charge in [0, 0.05) is 51.4 Å². The summed E-state index contributed by atoms with van der Waals surface area (Å²) >= 11 is 0. The van der Waals surface area contributed by atoms with Crippen molar-refractivity contribution in [3.8, 4) is 28.2 Å². The second kappa shape index (κ2) is 15.0. The van der Waals surface area contributed by atoms with Gasteiger partial charge >= 0.3 is 0 Å². The van der Waals surface area contributed by atoms with Gasteiger partial charge < -0.3 is 19.0 Å². The molecule has 0 saturated heterocycles. The van der Waals surface area contributed by atoms with Crippen molar-refractivity contribution in [3.05, 3.63) is 163 Å². The zero-order valence-electron chi connectivity index (χ0n) is 33.7. The third kappa shape index (κ3) is 7.37. The fourth-order valence-corrected chi connectivity index (χ4v) is 6.97. The molecule has 1 radical (unpaired) electrons. The predicted molar refractivity (Wildman–Crippen MR) is 220 cm³/mol. The first-order valence-electron chi connectivity index (χ1n) is 19.2. The Morgan fingerprint density at radius 1 is 0.709 bits per heavy atom. The summed E-state index contributed by atoms with van der Waals surface area (Å²) in [6, 6.07) is 44.9. The largest absolute Gasteiger partial charge is 0.498 e. The Morgan fingerprint density at radius 3 is 2.00 bits per heavy atom. The Balaban J connectivity index is 0.000000246. The fourth-order valence-electron chi connectivity index (χ4n) is 6.97. The molecule has 4 heterocycles. The van der Waals surface area contributed by atoms with Crippen LogP contribution in [0.15, 0.2) is 138 Å². The quantitative estimate of drug-likeness (QED) is 0.165. The average molecular weight is 902 g/mol. The van der Waals surface area contributed by atoms with Crippen LogP contribution in [0.25, 0.3) is 71.9 Å². The summed E-state index contributed by atoms with van der Waals surface area (Å²) in [5, 5.41) is 3.27. The monoisotopic (exact) mass is 902 g/mol. The van der Waals surface area contributed by atoms with Crippen LogP contribution >= 0.6 is 0 Å². The molecule has 277 valence electrons. The second-order valence-electron chi connectivity index (χ2n) is 15.6. The van der Waals surface area contributed by atoms with E-state index in [9.17, 15) is 0 Å². The maximum atomic E-state index is 16.0. The first-order valence-corrected chi connectivity index (χ1v) is 18.2. The summed E-state index contributed by atoms with van der Waals surface area (Å²) in [4.78, 5) is 9.00. The van der Waals surface area contributed by atoms with E-state index >= 15 is 4.39 Å². The molecule has 0 spiro atoms. The van der Waals surface area contributed by atoms with E-state index in [1.807, 2.05) is 123 Å². The van der Waals surface area contributed by atoms with Crippen LogP contribution in [-0.4, -0.2) is 14.5 Å². The molecule has 6 heteroatoms. The molecule has 9 rings (SSSR count). The van der Waals surface area contributed by atoms with Crippen molar-refractivity contribution in [3.63, 3.8) is 0 Å². The van der Waals surface area contributed by atoms with Crippen molar-refractivity contribution in [2.45, 2.75) is 53.3 Å². The zero-order valence-corrected chi connectivity index (χ0v) is 34.1. The van der Waals surface area contributed by atoms with Gasteiger partial charge in [-0.1, -0.05) is 120 Å². The van der Waals surface area contributed by atoms with Crippen LogP contribution in [0.2, 0.25) is 0 Å². The Labute approximate surface area is 338 Å². The molecular weight excluding hydrogens is 858 g/mol. The molecule has 5 aromatic carbocycles. The molecule has 0 unspecified atom stereocenters. The second-order valence-corrected chi connectivity index (χ2v) is 15.6. The molecule has 0 aliphatic heterocycles. The van der Waals surface area contributed by atoms with E-state index in [0.717, 1.165) is 33.1 Å². The maximum absolute atomic E-state index is 16.0. The molecule has 0 fully saturated rings. The van der Waals surface area contributed by atoms with Gasteiger partial charge in [0.15, 0.2) is 5.82 Å². The Kier molecular flexibility index (Phi) is 9.64. The average Bonchev–Trinajstić information content (AvgIpc) is 3.74. The summed E-state index contributed by atoms with van der Waals surface area (Å²) in [5.41, 5.74) is 7.22. The number of pyridine rings is 2. The van der Waals surface area contributed by atoms with Crippen molar-refractivity contribution in [1.29, 1.82) is 0 Å². The van der Waals surface area contributed by atoms with Crippen LogP contribution < -0.4 is 0 Å². The molecule has 0 aliphatic rings. The molecule has 55 heavy (non-hydrogen) atoms. The zero-order chi connectivity index (χ0) is 39.4. The number of halogens is 1. The van der Waals surface area contributed by atoms with Crippen LogP contribution in [-0.2, 0) is 31.9 Å². The van der Waals surface area contributed by atoms with Gasteiger partial charge in [-0.25, -0.2) is 4.39 Å². The summed E-state index contributed by atoms with van der Waals surface area (Å²) in [6.07, 6.45) is 1.92. The van der Waals surface area contributed by atoms with E-state index in [2.05, 4.69) is 55.0 Å². The molecule has 4 nitrogen and oxygen atoms in total. The summed E-state index contributed by atoms with van der Waals surface area (Å²) in [6.45, 7) is 12.2. The smallest absolute Gasteiger partial charge is 0.151 e. The Bertz CT molecular complexity index is 2800. The van der Waals surface area contributed by atoms with Crippen LogP contribution in [0.3, 0.4) is 0 Å². The minimum Gasteiger partial charge on any atom is -0.498 e. The maximum Gasteiger partial charge on any atom is 0.151 e. The fraction of sp³-hybridized carbons (Fsp3) is 0.184. The van der Waals surface area contributed by atoms with Crippen LogP contribution in [0, 0.1) is 23.4 Å². The van der Waals surface area contributed by atoms with E-state index in [1.54, 1.807) is 18.3 Å². The van der Waals surface area contributed by atoms with Crippen molar-refractivity contribution in [2.75, 3.05) is 0 Å². The first kappa shape index (κ1) is 35.3. The summed E-state index contributed by atoms with van der Waals surface area (Å²) in [5.74, 6) is -0.429. The van der Waals surface area contributed by atoms with Gasteiger partial charge in [0.2, 0.25) is 0 Å². The molecule has 0 saturated carbocycles. The third-order valence-corrected chi connectivity index (χ3v) is 9.49. The number of para-hydroxylation sites is 2. The van der Waals surface area contributed by atoms with Crippen molar-refractivity contribution >= 4 is 43.7 Å². The number of hydrogen-bond donors (Lipinski definition) is 0. The van der Waals surface area contributed by atoms with E-state index in [0.29, 0.717) is 44.4 Å². The molecule has 0 N–H and O–H groups in total. The van der Waals surface area contributed by atoms with Gasteiger partial charge in [-0.15, -0.1) is 53.6 Å². The Hall–Kier alpha value is -5.42. The molecule has 0 aliphatic carbocycles. The molecule has 0 amide bonds. The van der Waals surface area contributed by atoms with Gasteiger partial charge in [-0.05, 0) is 58.1 Å². The number of hydrogen-bond acceptors (Lipinski definition) is 3. The molecule has 0 atom stereocenters. The number of benzene rings is 5. The third-order valence-electron chi connectivity index (χ3n) is 9.49. The minimum absolute atomic E-state index is 0. The summed E-state index contributed by atoms with van der Waals surface area (Å²) in [7, 11) is 0. The van der Waals surface area contributed by atoms with E-state index in [-0.39, 0.29) is 25.5 Å². The first-order chi connectivity index (χ1) is 26.8. The van der Waals surface area contributed by atoms with Gasteiger partial charge in [0.25, 0.3) is 0 Å². The predicted octanol–water partition coefficient (Wildman–Crippen LogP) is 13.1. The molecule has 0 bridgehead atoms. The number of furan rings is 1. The number of nitrogens with zero attached hydrogens (tertiary/aromatic N) is 3. The standard InChI is InChI=1S/C34H26FN2O.C15H16N.Ir/c1-34(2,3)20-21-15-16-24(27-12-8-9-19-36-27)32-30(21)25-17-18-26(35)31(33(25)38-32)37-28-13-6-4-10-22(28)23-11-5-7-14-29(23)37;1-15(2,3)13-9-10-14(16-11-13)12-7-5-4-6-8-12;/h4-15,17-19H,20H2,1-3H3;4-7,9-11H,1-3H3;/q2*-1;/i20D2;;. The molecule has 9 aromatic rings. The number of fused-ring (bicyclic) bond motifs is 6. The van der Waals surface area contributed by atoms with Crippen molar-refractivity contribution in [1.82, 2.24) is 14.5 Å². The normalized spacial score (nSPS) is 12.6. The Morgan fingerprint density at radius 2 is 1.40 bits per heavy atom. The van der Waals surface area contributed by atoms with E-state index < -0.39 is 17.6 Å². The van der Waals surface area contributed by atoms with E-state index in [1.165, 1.54) is 11.6 Å². The van der Waals surface area contributed by atoms with Gasteiger partial charge in [0.1, 0.15) is 11.3 Å². The topological polar surface area (TPSA) is 43.9 Å². The van der Waals surface area contributed by atoms with Crippen LogP contribution in [0.4, 0.5) is 4.39 Å². The molecule has 4 aromatic heterocycles. The van der Waals surface area contributed by atoms with Crippen LogP contribution in [0.1, 0.15) is 55.4 Å². The van der Waals surface area contributed by atoms with Crippen molar-refractivity contribution in [2.24, 2.45) is 5.41 Å². The van der Waals surface area contributed by atoms with E-state index in [4.69, 9.17) is 7.16 Å². The van der Waals surface area contributed by atoms with Gasteiger partial charge in [-0.2, -0.15) is 0 Å². The number of rotatable bonds is 4. The van der Waals surface area contributed by atoms with Gasteiger partial charge in [-0.3, -0.25) is 0 Å². The number of aromatic nitrogens is 3. The van der Waals surface area contributed by atoms with Gasteiger partial charge in [0.05, 0.1) is 16.6 Å². The minimum atomic E-state index is -1.73. The van der Waals surface area contributed by atoms with Crippen LogP contribution in [0.5, 0.6) is 0 Å².